The van der Waals surface area contributed by atoms with Gasteiger partial charge < -0.3 is 10.1 Å². The Balaban J connectivity index is 2.48. The topological polar surface area (TPSA) is 38.3 Å². The molecule has 2 unspecified atom stereocenters. The molecule has 0 saturated carbocycles. The van der Waals surface area contributed by atoms with Crippen LogP contribution in [0.2, 0.25) is 0 Å². The van der Waals surface area contributed by atoms with Crippen LogP contribution in [0.5, 0.6) is 5.75 Å². The Morgan fingerprint density at radius 2 is 1.71 bits per heavy atom. The Morgan fingerprint density at radius 1 is 1.12 bits per heavy atom. The lowest BCUT2D eigenvalue weighted by Crippen LogP contribution is -2.43. The van der Waals surface area contributed by atoms with Crippen LogP contribution >= 0.6 is 0 Å². The van der Waals surface area contributed by atoms with Gasteiger partial charge in [-0.25, -0.2) is 0 Å². The quantitative estimate of drug-likeness (QED) is 0.852. The van der Waals surface area contributed by atoms with E-state index in [1.807, 2.05) is 37.3 Å². The maximum absolute atomic E-state index is 11.8. The zero-order valence-corrected chi connectivity index (χ0v) is 10.9. The van der Waals surface area contributed by atoms with Crippen molar-refractivity contribution in [2.24, 2.45) is 5.92 Å². The van der Waals surface area contributed by atoms with Gasteiger partial charge >= 0.3 is 0 Å². The lowest BCUT2D eigenvalue weighted by molar-refractivity contribution is -0.128. The van der Waals surface area contributed by atoms with E-state index in [-0.39, 0.29) is 11.9 Å². The molecule has 1 amide bonds. The van der Waals surface area contributed by atoms with Gasteiger partial charge in [-0.05, 0) is 31.9 Å². The number of carbonyl (C=O) groups is 1. The summed E-state index contributed by atoms with van der Waals surface area (Å²) in [6, 6.07) is 9.53. The van der Waals surface area contributed by atoms with Crippen LogP contribution in [0.15, 0.2) is 30.3 Å². The van der Waals surface area contributed by atoms with Crippen LogP contribution in [-0.4, -0.2) is 18.1 Å². The molecule has 0 aromatic heterocycles. The van der Waals surface area contributed by atoms with Gasteiger partial charge in [-0.1, -0.05) is 32.0 Å². The van der Waals surface area contributed by atoms with E-state index in [1.54, 1.807) is 6.92 Å². The number of hydrogen-bond donors (Lipinski definition) is 1. The van der Waals surface area contributed by atoms with Crippen molar-refractivity contribution in [3.63, 3.8) is 0 Å². The smallest absolute Gasteiger partial charge is 0.260 e. The molecule has 1 N–H and O–H groups in total. The van der Waals surface area contributed by atoms with Crippen molar-refractivity contribution in [3.8, 4) is 5.75 Å². The van der Waals surface area contributed by atoms with E-state index in [9.17, 15) is 4.79 Å². The number of carbonyl (C=O) groups excluding carboxylic acids is 1. The van der Waals surface area contributed by atoms with Gasteiger partial charge in [-0.2, -0.15) is 0 Å². The van der Waals surface area contributed by atoms with Crippen molar-refractivity contribution in [1.82, 2.24) is 5.32 Å². The van der Waals surface area contributed by atoms with E-state index >= 15 is 0 Å². The summed E-state index contributed by atoms with van der Waals surface area (Å²) in [6.45, 7) is 7.91. The van der Waals surface area contributed by atoms with E-state index < -0.39 is 6.10 Å². The molecule has 0 aliphatic carbocycles. The van der Waals surface area contributed by atoms with Crippen molar-refractivity contribution >= 4 is 5.91 Å². The molecule has 3 nitrogen and oxygen atoms in total. The molecule has 0 radical (unpaired) electrons. The lowest BCUT2D eigenvalue weighted by Gasteiger charge is -2.21. The van der Waals surface area contributed by atoms with Gasteiger partial charge in [0.15, 0.2) is 6.10 Å². The van der Waals surface area contributed by atoms with Crippen molar-refractivity contribution in [3.05, 3.63) is 30.3 Å². The Hall–Kier alpha value is -1.51. The van der Waals surface area contributed by atoms with E-state index in [0.717, 1.165) is 0 Å². The summed E-state index contributed by atoms with van der Waals surface area (Å²) in [7, 11) is 0. The molecule has 0 saturated heterocycles. The van der Waals surface area contributed by atoms with E-state index in [0.29, 0.717) is 11.7 Å². The average Bonchev–Trinajstić information content (AvgIpc) is 2.29. The molecule has 0 aliphatic heterocycles. The molecule has 17 heavy (non-hydrogen) atoms. The molecule has 1 aromatic rings. The number of ether oxygens (including phenoxy) is 1. The molecule has 0 spiro atoms. The molecule has 0 fully saturated rings. The first kappa shape index (κ1) is 13.6. The number of amides is 1. The van der Waals surface area contributed by atoms with Crippen molar-refractivity contribution in [2.45, 2.75) is 39.8 Å². The summed E-state index contributed by atoms with van der Waals surface area (Å²) >= 11 is 0. The van der Waals surface area contributed by atoms with Gasteiger partial charge in [-0.15, -0.1) is 0 Å². The van der Waals surface area contributed by atoms with Crippen LogP contribution < -0.4 is 10.1 Å². The molecule has 0 heterocycles. The first-order chi connectivity index (χ1) is 8.00. The molecule has 0 bridgehead atoms. The van der Waals surface area contributed by atoms with E-state index in [4.69, 9.17) is 4.74 Å². The fraction of sp³-hybridized carbons (Fsp3) is 0.500. The summed E-state index contributed by atoms with van der Waals surface area (Å²) in [5.74, 6) is 1.06. The first-order valence-electron chi connectivity index (χ1n) is 6.02. The van der Waals surface area contributed by atoms with Crippen molar-refractivity contribution < 1.29 is 9.53 Å². The van der Waals surface area contributed by atoms with Crippen LogP contribution in [0.1, 0.15) is 27.7 Å². The summed E-state index contributed by atoms with van der Waals surface area (Å²) in [5, 5.41) is 2.94. The van der Waals surface area contributed by atoms with Crippen LogP contribution in [0, 0.1) is 5.92 Å². The second kappa shape index (κ2) is 6.28. The summed E-state index contributed by atoms with van der Waals surface area (Å²) < 4.78 is 5.54. The zero-order chi connectivity index (χ0) is 12.8. The molecule has 3 heteroatoms. The van der Waals surface area contributed by atoms with Gasteiger partial charge in [-0.3, -0.25) is 4.79 Å². The number of benzene rings is 1. The Bertz CT molecular complexity index is 348. The average molecular weight is 235 g/mol. The highest BCUT2D eigenvalue weighted by molar-refractivity contribution is 5.80. The highest BCUT2D eigenvalue weighted by Crippen LogP contribution is 2.11. The van der Waals surface area contributed by atoms with Crippen LogP contribution in [0.3, 0.4) is 0 Å². The van der Waals surface area contributed by atoms with E-state index in [2.05, 4.69) is 19.2 Å². The fourth-order valence-corrected chi connectivity index (χ4v) is 1.27. The second-order valence-corrected chi connectivity index (χ2v) is 4.61. The minimum atomic E-state index is -0.474. The molecule has 1 aromatic carbocycles. The minimum absolute atomic E-state index is 0.0740. The maximum Gasteiger partial charge on any atom is 0.260 e. The van der Waals surface area contributed by atoms with Crippen molar-refractivity contribution in [2.75, 3.05) is 0 Å². The largest absolute Gasteiger partial charge is 0.481 e. The molecular weight excluding hydrogens is 214 g/mol. The SMILES string of the molecule is CC(Oc1ccccc1)C(=O)NC(C)C(C)C. The normalized spacial score (nSPS) is 14.2. The van der Waals surface area contributed by atoms with Gasteiger partial charge in [0, 0.05) is 6.04 Å². The predicted octanol–water partition coefficient (Wildman–Crippen LogP) is 2.61. The molecule has 2 atom stereocenters. The third-order valence-corrected chi connectivity index (χ3v) is 2.80. The highest BCUT2D eigenvalue weighted by atomic mass is 16.5. The molecule has 1 rings (SSSR count). The maximum atomic E-state index is 11.8. The highest BCUT2D eigenvalue weighted by Gasteiger charge is 2.18. The summed E-state index contributed by atoms with van der Waals surface area (Å²) in [6.07, 6.45) is -0.474. The number of hydrogen-bond acceptors (Lipinski definition) is 2. The first-order valence-corrected chi connectivity index (χ1v) is 6.02. The monoisotopic (exact) mass is 235 g/mol. The number of nitrogens with one attached hydrogen (secondary N) is 1. The third kappa shape index (κ3) is 4.47. The van der Waals surface area contributed by atoms with Crippen LogP contribution in [0.4, 0.5) is 0 Å². The lowest BCUT2D eigenvalue weighted by atomic mass is 10.1. The standard InChI is InChI=1S/C14H21NO2/c1-10(2)11(3)15-14(16)12(4)17-13-8-6-5-7-9-13/h5-12H,1-4H3,(H,15,16). The second-order valence-electron chi connectivity index (χ2n) is 4.61. The number of para-hydroxylation sites is 1. The third-order valence-electron chi connectivity index (χ3n) is 2.80. The summed E-state index contributed by atoms with van der Waals surface area (Å²) in [4.78, 5) is 11.8. The molecule has 0 aliphatic rings. The van der Waals surface area contributed by atoms with Crippen molar-refractivity contribution in [1.29, 1.82) is 0 Å². The Labute approximate surface area is 103 Å². The molecule has 94 valence electrons. The fourth-order valence-electron chi connectivity index (χ4n) is 1.27. The molecular formula is C14H21NO2. The van der Waals surface area contributed by atoms with Gasteiger partial charge in [0.1, 0.15) is 5.75 Å². The zero-order valence-electron chi connectivity index (χ0n) is 10.9. The Kier molecular flexibility index (Phi) is 5.01. The van der Waals surface area contributed by atoms with Gasteiger partial charge in [0.25, 0.3) is 5.91 Å². The van der Waals surface area contributed by atoms with E-state index in [1.165, 1.54) is 0 Å². The minimum Gasteiger partial charge on any atom is -0.481 e. The van der Waals surface area contributed by atoms with Gasteiger partial charge in [0.05, 0.1) is 0 Å². The van der Waals surface area contributed by atoms with Gasteiger partial charge in [0.2, 0.25) is 0 Å². The Morgan fingerprint density at radius 3 is 2.24 bits per heavy atom. The number of rotatable bonds is 5. The van der Waals surface area contributed by atoms with Crippen LogP contribution in [-0.2, 0) is 4.79 Å². The summed E-state index contributed by atoms with van der Waals surface area (Å²) in [5.41, 5.74) is 0. The van der Waals surface area contributed by atoms with Crippen LogP contribution in [0.25, 0.3) is 0 Å². The predicted molar refractivity (Wildman–Crippen MR) is 69.0 cm³/mol.